The summed E-state index contributed by atoms with van der Waals surface area (Å²) >= 11 is 0. The molecule has 0 aliphatic rings. The summed E-state index contributed by atoms with van der Waals surface area (Å²) in [6.07, 6.45) is 0.242. The summed E-state index contributed by atoms with van der Waals surface area (Å²) in [5.74, 6) is 0. The third-order valence-electron chi connectivity index (χ3n) is 1.87. The van der Waals surface area contributed by atoms with Gasteiger partial charge >= 0.3 is 0 Å². The van der Waals surface area contributed by atoms with Gasteiger partial charge in [-0.3, -0.25) is 0 Å². The SMILES string of the molecule is Cc1ccc(S(=O)(=O)C(F)/C=C\F)cc1. The number of benzene rings is 1. The molecule has 1 aromatic rings. The Labute approximate surface area is 87.2 Å². The molecule has 0 aromatic heterocycles. The van der Waals surface area contributed by atoms with E-state index in [0.717, 1.165) is 5.56 Å². The van der Waals surface area contributed by atoms with Crippen LogP contribution in [-0.4, -0.2) is 13.9 Å². The topological polar surface area (TPSA) is 34.1 Å². The first-order chi connectivity index (χ1) is 6.98. The van der Waals surface area contributed by atoms with Gasteiger partial charge in [-0.15, -0.1) is 0 Å². The van der Waals surface area contributed by atoms with E-state index in [9.17, 15) is 17.2 Å². The Morgan fingerprint density at radius 1 is 1.27 bits per heavy atom. The van der Waals surface area contributed by atoms with Crippen molar-refractivity contribution >= 4 is 9.84 Å². The smallest absolute Gasteiger partial charge is 0.225 e. The maximum absolute atomic E-state index is 13.1. The first-order valence-corrected chi connectivity index (χ1v) is 5.74. The minimum Gasteiger partial charge on any atom is -0.225 e. The van der Waals surface area contributed by atoms with Crippen LogP contribution >= 0.6 is 0 Å². The number of sulfone groups is 1. The third kappa shape index (κ3) is 2.62. The van der Waals surface area contributed by atoms with E-state index in [1.54, 1.807) is 19.1 Å². The quantitative estimate of drug-likeness (QED) is 0.802. The van der Waals surface area contributed by atoms with Crippen LogP contribution in [0.15, 0.2) is 41.6 Å². The second-order valence-electron chi connectivity index (χ2n) is 3.03. The van der Waals surface area contributed by atoms with Crippen molar-refractivity contribution in [3.05, 3.63) is 42.2 Å². The van der Waals surface area contributed by atoms with Crippen LogP contribution in [0.1, 0.15) is 5.56 Å². The fraction of sp³-hybridized carbons (Fsp3) is 0.200. The van der Waals surface area contributed by atoms with E-state index in [1.165, 1.54) is 12.1 Å². The second-order valence-corrected chi connectivity index (χ2v) is 5.04. The van der Waals surface area contributed by atoms with Crippen LogP contribution in [0, 0.1) is 6.92 Å². The monoisotopic (exact) mass is 232 g/mol. The molecule has 1 rings (SSSR count). The molecule has 0 aliphatic heterocycles. The van der Waals surface area contributed by atoms with Gasteiger partial charge in [0, 0.05) is 0 Å². The van der Waals surface area contributed by atoms with Crippen molar-refractivity contribution in [3.63, 3.8) is 0 Å². The number of halogens is 2. The number of rotatable bonds is 3. The summed E-state index contributed by atoms with van der Waals surface area (Å²) < 4.78 is 47.6. The average Bonchev–Trinajstić information content (AvgIpc) is 2.18. The Hall–Kier alpha value is -1.23. The summed E-state index contributed by atoms with van der Waals surface area (Å²) in [5.41, 5.74) is -1.48. The van der Waals surface area contributed by atoms with Gasteiger partial charge in [0.2, 0.25) is 15.3 Å². The number of alkyl halides is 1. The van der Waals surface area contributed by atoms with Crippen LogP contribution in [0.2, 0.25) is 0 Å². The lowest BCUT2D eigenvalue weighted by molar-refractivity contribution is 0.469. The van der Waals surface area contributed by atoms with E-state index in [1.807, 2.05) is 0 Å². The van der Waals surface area contributed by atoms with Gasteiger partial charge in [0.1, 0.15) is 0 Å². The van der Waals surface area contributed by atoms with Crippen LogP contribution in [0.5, 0.6) is 0 Å². The fourth-order valence-corrected chi connectivity index (χ4v) is 2.06. The Kier molecular flexibility index (Phi) is 3.57. The van der Waals surface area contributed by atoms with E-state index >= 15 is 0 Å². The summed E-state index contributed by atoms with van der Waals surface area (Å²) in [7, 11) is -4.11. The van der Waals surface area contributed by atoms with Crippen molar-refractivity contribution in [1.29, 1.82) is 0 Å². The average molecular weight is 232 g/mol. The summed E-state index contributed by atoms with van der Waals surface area (Å²) in [4.78, 5) is -0.154. The zero-order valence-electron chi connectivity index (χ0n) is 8.02. The van der Waals surface area contributed by atoms with Crippen molar-refractivity contribution in [1.82, 2.24) is 0 Å². The van der Waals surface area contributed by atoms with Crippen molar-refractivity contribution in [2.45, 2.75) is 17.3 Å². The van der Waals surface area contributed by atoms with Crippen molar-refractivity contribution in [2.24, 2.45) is 0 Å². The molecular formula is C10H10F2O2S. The number of aryl methyl sites for hydroxylation is 1. The molecule has 0 amide bonds. The molecule has 1 atom stereocenters. The molecule has 0 saturated heterocycles. The van der Waals surface area contributed by atoms with E-state index in [-0.39, 0.29) is 11.2 Å². The first kappa shape index (κ1) is 11.8. The van der Waals surface area contributed by atoms with E-state index in [4.69, 9.17) is 0 Å². The maximum Gasteiger partial charge on any atom is 0.226 e. The Morgan fingerprint density at radius 3 is 2.27 bits per heavy atom. The molecule has 1 aromatic carbocycles. The molecule has 0 radical (unpaired) electrons. The maximum atomic E-state index is 13.1. The zero-order valence-corrected chi connectivity index (χ0v) is 8.84. The third-order valence-corrected chi connectivity index (χ3v) is 3.55. The Bertz CT molecular complexity index is 449. The highest BCUT2D eigenvalue weighted by atomic mass is 32.2. The molecule has 0 aliphatic carbocycles. The van der Waals surface area contributed by atoms with Crippen LogP contribution < -0.4 is 0 Å². The van der Waals surface area contributed by atoms with Gasteiger partial charge in [0.05, 0.1) is 11.2 Å². The number of hydrogen-bond donors (Lipinski definition) is 0. The van der Waals surface area contributed by atoms with Gasteiger partial charge < -0.3 is 0 Å². The van der Waals surface area contributed by atoms with Crippen LogP contribution in [0.3, 0.4) is 0 Å². The van der Waals surface area contributed by atoms with Gasteiger partial charge in [0.25, 0.3) is 0 Å². The van der Waals surface area contributed by atoms with Crippen molar-refractivity contribution in [3.8, 4) is 0 Å². The first-order valence-electron chi connectivity index (χ1n) is 4.20. The molecule has 0 bridgehead atoms. The molecule has 15 heavy (non-hydrogen) atoms. The molecule has 82 valence electrons. The highest BCUT2D eigenvalue weighted by Gasteiger charge is 2.24. The fourth-order valence-electron chi connectivity index (χ4n) is 1.02. The highest BCUT2D eigenvalue weighted by molar-refractivity contribution is 7.92. The lowest BCUT2D eigenvalue weighted by Gasteiger charge is -2.05. The van der Waals surface area contributed by atoms with Crippen LogP contribution in [0.25, 0.3) is 0 Å². The molecule has 0 spiro atoms. The molecular weight excluding hydrogens is 222 g/mol. The lowest BCUT2D eigenvalue weighted by atomic mass is 10.2. The summed E-state index contributed by atoms with van der Waals surface area (Å²) in [5, 5.41) is 0. The highest BCUT2D eigenvalue weighted by Crippen LogP contribution is 2.18. The summed E-state index contributed by atoms with van der Waals surface area (Å²) in [6, 6.07) is 5.70. The van der Waals surface area contributed by atoms with Gasteiger partial charge in [0.15, 0.2) is 0 Å². The van der Waals surface area contributed by atoms with Gasteiger partial charge in [-0.1, -0.05) is 17.7 Å². The van der Waals surface area contributed by atoms with Gasteiger partial charge in [-0.05, 0) is 25.1 Å². The van der Waals surface area contributed by atoms with Crippen LogP contribution in [0.4, 0.5) is 8.78 Å². The largest absolute Gasteiger partial charge is 0.226 e. The lowest BCUT2D eigenvalue weighted by Crippen LogP contribution is -2.13. The van der Waals surface area contributed by atoms with Crippen molar-refractivity contribution < 1.29 is 17.2 Å². The van der Waals surface area contributed by atoms with E-state index < -0.39 is 15.3 Å². The zero-order chi connectivity index (χ0) is 11.5. The normalized spacial score (nSPS) is 14.3. The minimum atomic E-state index is -4.11. The van der Waals surface area contributed by atoms with E-state index in [0.29, 0.717) is 6.08 Å². The Balaban J connectivity index is 3.11. The standard InChI is InChI=1S/C10H10F2O2S/c1-8-2-4-9(5-3-8)15(13,14)10(12)6-7-11/h2-7,10H,1H3/b7-6-. The predicted molar refractivity (Wildman–Crippen MR) is 53.5 cm³/mol. The van der Waals surface area contributed by atoms with Crippen molar-refractivity contribution in [2.75, 3.05) is 0 Å². The minimum absolute atomic E-state index is 0.115. The molecule has 1 unspecified atom stereocenters. The molecule has 0 saturated carbocycles. The predicted octanol–water partition coefficient (Wildman–Crippen LogP) is 2.55. The van der Waals surface area contributed by atoms with Gasteiger partial charge in [-0.25, -0.2) is 17.2 Å². The van der Waals surface area contributed by atoms with E-state index in [2.05, 4.69) is 0 Å². The Morgan fingerprint density at radius 2 is 1.80 bits per heavy atom. The number of hydrogen-bond acceptors (Lipinski definition) is 2. The molecule has 0 N–H and O–H groups in total. The van der Waals surface area contributed by atoms with Gasteiger partial charge in [-0.2, -0.15) is 0 Å². The molecule has 5 heteroatoms. The molecule has 0 heterocycles. The van der Waals surface area contributed by atoms with Crippen LogP contribution in [-0.2, 0) is 9.84 Å². The molecule has 2 nitrogen and oxygen atoms in total. The summed E-state index contributed by atoms with van der Waals surface area (Å²) in [6.45, 7) is 1.78. The molecule has 0 fully saturated rings. The second kappa shape index (κ2) is 4.53.